The summed E-state index contributed by atoms with van der Waals surface area (Å²) in [5.74, 6) is 8.18. The summed E-state index contributed by atoms with van der Waals surface area (Å²) in [5.41, 5.74) is 6.50. The SMILES string of the molecule is CCCCC(=O)NCCOCCOCCN(N)/C=C(\N)CCCC(C)=O.CNC1CSCC1NC=O. The van der Waals surface area contributed by atoms with E-state index >= 15 is 0 Å². The fraction of sp³-hybridized carbons (Fsp3) is 0.792. The van der Waals surface area contributed by atoms with Crippen LogP contribution < -0.4 is 27.5 Å². The van der Waals surface area contributed by atoms with Gasteiger partial charge in [-0.25, -0.2) is 5.84 Å². The topological polar surface area (TPSA) is 161 Å². The van der Waals surface area contributed by atoms with Crippen LogP contribution in [0.2, 0.25) is 0 Å². The lowest BCUT2D eigenvalue weighted by Gasteiger charge is -2.16. The Balaban J connectivity index is 0.00000101. The Morgan fingerprint density at radius 1 is 1.06 bits per heavy atom. The van der Waals surface area contributed by atoms with Gasteiger partial charge in [-0.3, -0.25) is 9.59 Å². The molecule has 0 aromatic carbocycles. The Morgan fingerprint density at radius 3 is 2.39 bits per heavy atom. The van der Waals surface area contributed by atoms with Crippen molar-refractivity contribution in [2.24, 2.45) is 11.6 Å². The number of hydrazine groups is 1. The van der Waals surface area contributed by atoms with Crippen LogP contribution in [-0.4, -0.2) is 93.3 Å². The predicted molar refractivity (Wildman–Crippen MR) is 145 cm³/mol. The quantitative estimate of drug-likeness (QED) is 0.0646. The highest BCUT2D eigenvalue weighted by atomic mass is 32.2. The Kier molecular flexibility index (Phi) is 22.3. The normalized spacial score (nSPS) is 17.2. The molecule has 1 heterocycles. The van der Waals surface area contributed by atoms with Crippen LogP contribution >= 0.6 is 11.8 Å². The smallest absolute Gasteiger partial charge is 0.220 e. The molecule has 0 aliphatic carbocycles. The molecule has 2 unspecified atom stereocenters. The van der Waals surface area contributed by atoms with Gasteiger partial charge in [0.05, 0.1) is 39.0 Å². The van der Waals surface area contributed by atoms with Crippen molar-refractivity contribution in [2.75, 3.05) is 58.1 Å². The number of nitrogens with two attached hydrogens (primary N) is 2. The maximum Gasteiger partial charge on any atom is 0.220 e. The monoisotopic (exact) mass is 532 g/mol. The molecular formula is C24H48N6O5S. The van der Waals surface area contributed by atoms with Crippen molar-refractivity contribution in [2.45, 2.75) is 64.5 Å². The number of carbonyl (C=O) groups is 3. The summed E-state index contributed by atoms with van der Waals surface area (Å²) in [6.07, 6.45) is 6.87. The molecular weight excluding hydrogens is 484 g/mol. The largest absolute Gasteiger partial charge is 0.401 e. The number of nitrogens with zero attached hydrogens (tertiary/aromatic N) is 1. The van der Waals surface area contributed by atoms with Gasteiger partial charge in [0.2, 0.25) is 12.3 Å². The van der Waals surface area contributed by atoms with Gasteiger partial charge in [-0.15, -0.1) is 0 Å². The minimum Gasteiger partial charge on any atom is -0.401 e. The number of amides is 2. The van der Waals surface area contributed by atoms with Crippen molar-refractivity contribution < 1.29 is 23.9 Å². The second kappa shape index (κ2) is 23.5. The van der Waals surface area contributed by atoms with E-state index in [0.29, 0.717) is 76.6 Å². The molecule has 0 radical (unpaired) electrons. The molecule has 12 heteroatoms. The summed E-state index contributed by atoms with van der Waals surface area (Å²) in [5, 5.41) is 10.2. The first kappa shape index (κ1) is 34.1. The van der Waals surface area contributed by atoms with Gasteiger partial charge >= 0.3 is 0 Å². The first-order valence-electron chi connectivity index (χ1n) is 12.7. The summed E-state index contributed by atoms with van der Waals surface area (Å²) >= 11 is 1.87. The minimum absolute atomic E-state index is 0.0726. The molecule has 2 amide bonds. The number of rotatable bonds is 20. The summed E-state index contributed by atoms with van der Waals surface area (Å²) in [6, 6.07) is 0.780. The first-order chi connectivity index (χ1) is 17.3. The van der Waals surface area contributed by atoms with E-state index in [1.807, 2.05) is 18.8 Å². The number of carbonyl (C=O) groups excluding carboxylic acids is 3. The number of Topliss-reactive ketones (excluding diaryl/α,β-unsaturated/α-hetero) is 1. The molecule has 1 fully saturated rings. The number of thioether (sulfide) groups is 1. The second-order valence-corrected chi connectivity index (χ2v) is 9.57. The summed E-state index contributed by atoms with van der Waals surface area (Å²) < 4.78 is 10.8. The molecule has 210 valence electrons. The third-order valence-electron chi connectivity index (χ3n) is 5.25. The maximum absolute atomic E-state index is 11.4. The summed E-state index contributed by atoms with van der Waals surface area (Å²) in [6.45, 7) is 6.54. The van der Waals surface area contributed by atoms with Gasteiger partial charge in [0, 0.05) is 48.8 Å². The van der Waals surface area contributed by atoms with Crippen molar-refractivity contribution in [1.29, 1.82) is 0 Å². The van der Waals surface area contributed by atoms with Crippen LogP contribution in [-0.2, 0) is 23.9 Å². The summed E-state index contributed by atoms with van der Waals surface area (Å²) in [4.78, 5) is 32.3. The van der Waals surface area contributed by atoms with Crippen LogP contribution in [0.25, 0.3) is 0 Å². The van der Waals surface area contributed by atoms with Crippen molar-refractivity contribution in [3.05, 3.63) is 11.9 Å². The Hall–Kier alpha value is -1.86. The molecule has 0 saturated carbocycles. The fourth-order valence-electron chi connectivity index (χ4n) is 3.15. The molecule has 2 atom stereocenters. The molecule has 1 aliphatic heterocycles. The lowest BCUT2D eigenvalue weighted by atomic mass is 10.1. The second-order valence-electron chi connectivity index (χ2n) is 8.50. The molecule has 1 aliphatic rings. The van der Waals surface area contributed by atoms with Crippen LogP contribution in [0.15, 0.2) is 11.9 Å². The molecule has 0 bridgehead atoms. The van der Waals surface area contributed by atoms with Crippen molar-refractivity contribution in [1.82, 2.24) is 21.0 Å². The minimum atomic E-state index is 0.0726. The van der Waals surface area contributed by atoms with Gasteiger partial charge in [0.15, 0.2) is 0 Å². The molecule has 36 heavy (non-hydrogen) atoms. The van der Waals surface area contributed by atoms with E-state index in [2.05, 4.69) is 22.9 Å². The number of unbranched alkanes of at least 4 members (excludes halogenated alkanes) is 1. The third-order valence-corrected chi connectivity index (χ3v) is 6.44. The van der Waals surface area contributed by atoms with Crippen LogP contribution in [0, 0.1) is 0 Å². The zero-order chi connectivity index (χ0) is 27.0. The van der Waals surface area contributed by atoms with Crippen LogP contribution in [0.4, 0.5) is 0 Å². The van der Waals surface area contributed by atoms with E-state index in [0.717, 1.165) is 37.2 Å². The van der Waals surface area contributed by atoms with Gasteiger partial charge in [-0.1, -0.05) is 13.3 Å². The highest BCUT2D eigenvalue weighted by Gasteiger charge is 2.25. The molecule has 11 nitrogen and oxygen atoms in total. The van der Waals surface area contributed by atoms with Crippen molar-refractivity contribution in [3.63, 3.8) is 0 Å². The van der Waals surface area contributed by atoms with E-state index in [1.165, 1.54) is 5.01 Å². The Labute approximate surface area is 220 Å². The highest BCUT2D eigenvalue weighted by molar-refractivity contribution is 7.99. The zero-order valence-corrected chi connectivity index (χ0v) is 23.1. The number of ether oxygens (including phenoxy) is 2. The van der Waals surface area contributed by atoms with Gasteiger partial charge in [-0.05, 0) is 33.2 Å². The van der Waals surface area contributed by atoms with Gasteiger partial charge in [0.1, 0.15) is 5.78 Å². The van der Waals surface area contributed by atoms with E-state index in [-0.39, 0.29) is 11.7 Å². The van der Waals surface area contributed by atoms with Crippen molar-refractivity contribution in [3.8, 4) is 0 Å². The van der Waals surface area contributed by atoms with E-state index in [4.69, 9.17) is 21.1 Å². The van der Waals surface area contributed by atoms with Crippen LogP contribution in [0.3, 0.4) is 0 Å². The molecule has 1 saturated heterocycles. The summed E-state index contributed by atoms with van der Waals surface area (Å²) in [7, 11) is 1.93. The van der Waals surface area contributed by atoms with Crippen LogP contribution in [0.5, 0.6) is 0 Å². The predicted octanol–water partition coefficient (Wildman–Crippen LogP) is 0.497. The number of ketones is 1. The number of nitrogens with one attached hydrogen (secondary N) is 3. The molecule has 1 rings (SSSR count). The number of hydrogen-bond acceptors (Lipinski definition) is 10. The van der Waals surface area contributed by atoms with E-state index < -0.39 is 0 Å². The standard InChI is InChI=1S/C18H36N4O4.C6H12N2OS/c1-3-4-8-18(24)21-9-11-25-13-14-26-12-10-22(20)15-17(19)7-5-6-16(2)23;1-7-5-2-10-3-6(5)8-4-9/h15H,3-14,19-20H2,1-2H3,(H,21,24);4-7H,2-3H2,1H3,(H,8,9)/b17-15-;. The Bertz CT molecular complexity index is 626. The fourth-order valence-corrected chi connectivity index (χ4v) is 4.53. The molecule has 0 aromatic rings. The van der Waals surface area contributed by atoms with Gasteiger partial charge in [-0.2, -0.15) is 11.8 Å². The lowest BCUT2D eigenvalue weighted by molar-refractivity contribution is -0.121. The number of likely N-dealkylation sites (N-methyl/N-ethyl adjacent to an activating group) is 1. The number of allylic oxidation sites excluding steroid dienone is 1. The first-order valence-corrected chi connectivity index (χ1v) is 13.8. The van der Waals surface area contributed by atoms with Crippen LogP contribution in [0.1, 0.15) is 52.4 Å². The van der Waals surface area contributed by atoms with E-state index in [9.17, 15) is 14.4 Å². The van der Waals surface area contributed by atoms with Gasteiger partial charge < -0.3 is 41.0 Å². The van der Waals surface area contributed by atoms with Crippen molar-refractivity contribution >= 4 is 29.9 Å². The van der Waals surface area contributed by atoms with E-state index in [1.54, 1.807) is 13.1 Å². The average molecular weight is 533 g/mol. The molecule has 7 N–H and O–H groups in total. The lowest BCUT2D eigenvalue weighted by Crippen LogP contribution is -2.45. The Morgan fingerprint density at radius 2 is 1.75 bits per heavy atom. The maximum atomic E-state index is 11.4. The molecule has 0 spiro atoms. The zero-order valence-electron chi connectivity index (χ0n) is 22.3. The molecule has 0 aromatic heterocycles. The number of hydrogen-bond donors (Lipinski definition) is 5. The third kappa shape index (κ3) is 20.3. The van der Waals surface area contributed by atoms with Gasteiger partial charge in [0.25, 0.3) is 0 Å². The average Bonchev–Trinajstić information content (AvgIpc) is 3.29. The highest BCUT2D eigenvalue weighted by Crippen LogP contribution is 2.17.